The summed E-state index contributed by atoms with van der Waals surface area (Å²) in [6.07, 6.45) is 3.95. The first-order chi connectivity index (χ1) is 7.63. The van der Waals surface area contributed by atoms with E-state index in [9.17, 15) is 4.79 Å². The Hall–Kier alpha value is -0.220. The minimum Gasteiger partial charge on any atom is -0.354 e. The lowest BCUT2D eigenvalue weighted by Crippen LogP contribution is -2.37. The molecule has 1 amide bonds. The Morgan fingerprint density at radius 3 is 2.81 bits per heavy atom. The van der Waals surface area contributed by atoms with Gasteiger partial charge in [-0.15, -0.1) is 0 Å². The molecule has 0 aliphatic heterocycles. The monoisotopic (exact) mass is 244 g/mol. The van der Waals surface area contributed by atoms with Gasteiger partial charge in [0, 0.05) is 18.5 Å². The molecular formula is C12H24N2OS. The molecule has 16 heavy (non-hydrogen) atoms. The van der Waals surface area contributed by atoms with Gasteiger partial charge in [-0.1, -0.05) is 6.92 Å². The van der Waals surface area contributed by atoms with Crippen LogP contribution in [0.1, 0.15) is 39.5 Å². The predicted octanol–water partition coefficient (Wildman–Crippen LogP) is 1.76. The highest BCUT2D eigenvalue weighted by Gasteiger charge is 2.29. The van der Waals surface area contributed by atoms with E-state index in [4.69, 9.17) is 5.73 Å². The van der Waals surface area contributed by atoms with Crippen LogP contribution in [0.2, 0.25) is 0 Å². The molecule has 0 radical (unpaired) electrons. The van der Waals surface area contributed by atoms with Gasteiger partial charge in [0.25, 0.3) is 0 Å². The van der Waals surface area contributed by atoms with Crippen molar-refractivity contribution in [3.8, 4) is 0 Å². The number of carbonyl (C=O) groups excluding carboxylic acids is 1. The summed E-state index contributed by atoms with van der Waals surface area (Å²) in [5, 5.41) is 3.02. The fraction of sp³-hybridized carbons (Fsp3) is 0.917. The van der Waals surface area contributed by atoms with Crippen LogP contribution in [0, 0.1) is 5.92 Å². The number of hydrogen-bond donors (Lipinski definition) is 2. The summed E-state index contributed by atoms with van der Waals surface area (Å²) in [6, 6.07) is 0.357. The van der Waals surface area contributed by atoms with Gasteiger partial charge in [-0.05, 0) is 43.6 Å². The van der Waals surface area contributed by atoms with E-state index in [1.165, 1.54) is 12.8 Å². The van der Waals surface area contributed by atoms with Crippen LogP contribution in [-0.4, -0.2) is 29.5 Å². The van der Waals surface area contributed by atoms with Crippen molar-refractivity contribution in [2.75, 3.05) is 11.5 Å². The van der Waals surface area contributed by atoms with E-state index in [0.717, 1.165) is 17.9 Å². The molecular weight excluding hydrogens is 220 g/mol. The molecule has 3 nitrogen and oxygen atoms in total. The summed E-state index contributed by atoms with van der Waals surface area (Å²) >= 11 is 1.92. The molecule has 94 valence electrons. The third kappa shape index (κ3) is 5.75. The van der Waals surface area contributed by atoms with Crippen molar-refractivity contribution in [1.29, 1.82) is 0 Å². The molecule has 0 spiro atoms. The normalized spacial score (nSPS) is 19.2. The van der Waals surface area contributed by atoms with E-state index in [0.29, 0.717) is 12.3 Å². The van der Waals surface area contributed by atoms with Crippen molar-refractivity contribution >= 4 is 17.7 Å². The van der Waals surface area contributed by atoms with Crippen LogP contribution < -0.4 is 11.1 Å². The molecule has 0 bridgehead atoms. The molecule has 2 unspecified atom stereocenters. The molecule has 1 saturated carbocycles. The van der Waals surface area contributed by atoms with E-state index in [-0.39, 0.29) is 18.0 Å². The Bertz CT molecular complexity index is 219. The average Bonchev–Trinajstić information content (AvgIpc) is 3.00. The third-order valence-corrected chi connectivity index (χ3v) is 3.89. The predicted molar refractivity (Wildman–Crippen MR) is 70.5 cm³/mol. The van der Waals surface area contributed by atoms with Crippen LogP contribution in [0.4, 0.5) is 0 Å². The number of thioether (sulfide) groups is 1. The molecule has 0 aromatic carbocycles. The second-order valence-corrected chi connectivity index (χ2v) is 6.05. The van der Waals surface area contributed by atoms with Crippen LogP contribution in [-0.2, 0) is 4.79 Å². The highest BCUT2D eigenvalue weighted by molar-refractivity contribution is 7.99. The fourth-order valence-corrected chi connectivity index (χ4v) is 2.52. The smallest absolute Gasteiger partial charge is 0.221 e. The van der Waals surface area contributed by atoms with Gasteiger partial charge in [-0.2, -0.15) is 11.8 Å². The molecule has 4 heteroatoms. The zero-order valence-corrected chi connectivity index (χ0v) is 11.2. The maximum atomic E-state index is 11.6. The average molecular weight is 244 g/mol. The highest BCUT2D eigenvalue weighted by Crippen LogP contribution is 2.32. The Balaban J connectivity index is 2.07. The van der Waals surface area contributed by atoms with Crippen molar-refractivity contribution in [2.24, 2.45) is 11.7 Å². The highest BCUT2D eigenvalue weighted by atomic mass is 32.2. The molecule has 1 fully saturated rings. The standard InChI is InChI=1S/C12H24N2OS/c1-3-16-7-6-9(2)14-12(15)8-11(13)10-4-5-10/h9-11H,3-8,13H2,1-2H3,(H,14,15). The zero-order chi connectivity index (χ0) is 12.0. The number of hydrogen-bond acceptors (Lipinski definition) is 3. The molecule has 2 atom stereocenters. The van der Waals surface area contributed by atoms with Gasteiger partial charge in [0.15, 0.2) is 0 Å². The maximum Gasteiger partial charge on any atom is 0.221 e. The summed E-state index contributed by atoms with van der Waals surface area (Å²) in [6.45, 7) is 4.22. The van der Waals surface area contributed by atoms with E-state index >= 15 is 0 Å². The van der Waals surface area contributed by atoms with Gasteiger partial charge < -0.3 is 11.1 Å². The number of rotatable bonds is 8. The number of nitrogens with two attached hydrogens (primary N) is 1. The molecule has 0 saturated heterocycles. The van der Waals surface area contributed by atoms with Crippen LogP contribution in [0.25, 0.3) is 0 Å². The Labute approximate surface area is 103 Å². The Kier molecular flexibility index (Phi) is 6.21. The van der Waals surface area contributed by atoms with Crippen molar-refractivity contribution in [3.05, 3.63) is 0 Å². The molecule has 1 aliphatic rings. The number of nitrogens with one attached hydrogen (secondary N) is 1. The molecule has 0 aromatic rings. The van der Waals surface area contributed by atoms with Crippen LogP contribution in [0.5, 0.6) is 0 Å². The van der Waals surface area contributed by atoms with Gasteiger partial charge >= 0.3 is 0 Å². The summed E-state index contributed by atoms with van der Waals surface area (Å²) in [5.41, 5.74) is 5.91. The first-order valence-electron chi connectivity index (χ1n) is 6.26. The Morgan fingerprint density at radius 1 is 1.56 bits per heavy atom. The van der Waals surface area contributed by atoms with Crippen LogP contribution >= 0.6 is 11.8 Å². The minimum absolute atomic E-state index is 0.0808. The van der Waals surface area contributed by atoms with Gasteiger partial charge in [0.2, 0.25) is 5.91 Å². The third-order valence-electron chi connectivity index (χ3n) is 2.96. The Morgan fingerprint density at radius 2 is 2.25 bits per heavy atom. The van der Waals surface area contributed by atoms with Crippen molar-refractivity contribution in [1.82, 2.24) is 5.32 Å². The summed E-state index contributed by atoms with van der Waals surface area (Å²) in [7, 11) is 0. The second kappa shape index (κ2) is 7.17. The minimum atomic E-state index is 0.0808. The largest absolute Gasteiger partial charge is 0.354 e. The number of amides is 1. The molecule has 1 aliphatic carbocycles. The van der Waals surface area contributed by atoms with Crippen LogP contribution in [0.15, 0.2) is 0 Å². The SMILES string of the molecule is CCSCCC(C)NC(=O)CC(N)C1CC1. The molecule has 3 N–H and O–H groups in total. The van der Waals surface area contributed by atoms with Gasteiger partial charge in [0.1, 0.15) is 0 Å². The number of carbonyl (C=O) groups is 1. The van der Waals surface area contributed by atoms with E-state index in [2.05, 4.69) is 19.2 Å². The summed E-state index contributed by atoms with van der Waals surface area (Å²) in [5.74, 6) is 2.99. The van der Waals surface area contributed by atoms with Gasteiger partial charge in [0.05, 0.1) is 0 Å². The van der Waals surface area contributed by atoms with E-state index < -0.39 is 0 Å². The quantitative estimate of drug-likeness (QED) is 0.640. The van der Waals surface area contributed by atoms with Gasteiger partial charge in [-0.3, -0.25) is 4.79 Å². The fourth-order valence-electron chi connectivity index (χ4n) is 1.72. The summed E-state index contributed by atoms with van der Waals surface area (Å²) < 4.78 is 0. The topological polar surface area (TPSA) is 55.1 Å². The molecule has 0 aromatic heterocycles. The lowest BCUT2D eigenvalue weighted by molar-refractivity contribution is -0.122. The first kappa shape index (κ1) is 13.8. The lowest BCUT2D eigenvalue weighted by Gasteiger charge is -2.15. The summed E-state index contributed by atoms with van der Waals surface area (Å²) in [4.78, 5) is 11.6. The van der Waals surface area contributed by atoms with E-state index in [1.807, 2.05) is 11.8 Å². The van der Waals surface area contributed by atoms with Crippen LogP contribution in [0.3, 0.4) is 0 Å². The maximum absolute atomic E-state index is 11.6. The van der Waals surface area contributed by atoms with Crippen molar-refractivity contribution < 1.29 is 4.79 Å². The van der Waals surface area contributed by atoms with Crippen molar-refractivity contribution in [2.45, 2.75) is 51.6 Å². The van der Waals surface area contributed by atoms with E-state index in [1.54, 1.807) is 0 Å². The second-order valence-electron chi connectivity index (χ2n) is 4.66. The lowest BCUT2D eigenvalue weighted by atomic mass is 10.1. The van der Waals surface area contributed by atoms with Gasteiger partial charge in [-0.25, -0.2) is 0 Å². The molecule has 0 heterocycles. The molecule has 1 rings (SSSR count). The first-order valence-corrected chi connectivity index (χ1v) is 7.41. The zero-order valence-electron chi connectivity index (χ0n) is 10.4. The van der Waals surface area contributed by atoms with Crippen molar-refractivity contribution in [3.63, 3.8) is 0 Å².